The van der Waals surface area contributed by atoms with Crippen molar-refractivity contribution in [2.45, 2.75) is 24.3 Å². The first-order valence-corrected chi connectivity index (χ1v) is 10.2. The molecule has 1 aromatic heterocycles. The lowest BCUT2D eigenvalue weighted by atomic mass is 10.2. The second-order valence-corrected chi connectivity index (χ2v) is 9.18. The monoisotopic (exact) mass is 541 g/mol. The predicted molar refractivity (Wildman–Crippen MR) is 101 cm³/mol. The van der Waals surface area contributed by atoms with E-state index in [-0.39, 0.29) is 6.04 Å². The van der Waals surface area contributed by atoms with Crippen LogP contribution in [0.25, 0.3) is 0 Å². The molecule has 0 saturated heterocycles. The van der Waals surface area contributed by atoms with Crippen LogP contribution in [-0.2, 0) is 10.0 Å². The molecule has 3 rings (SSSR count). The maximum atomic E-state index is 13.0. The number of sulfonamides is 1. The fraction of sp³-hybridized carbons (Fsp3) is 0.200. The summed E-state index contributed by atoms with van der Waals surface area (Å²) in [5.74, 6) is 0.663. The molecule has 0 spiro atoms. The zero-order valence-electron chi connectivity index (χ0n) is 11.7. The van der Waals surface area contributed by atoms with Crippen LogP contribution in [-0.4, -0.2) is 12.7 Å². The smallest absolute Gasteiger partial charge is 0.265 e. The highest BCUT2D eigenvalue weighted by molar-refractivity contribution is 14.1. The minimum atomic E-state index is -3.61. The number of hydrogen-bond donors (Lipinski definition) is 0. The highest BCUT2D eigenvalue weighted by Crippen LogP contribution is 2.47. The molecule has 1 aromatic carbocycles. The number of rotatable bonds is 3. The fourth-order valence-corrected chi connectivity index (χ4v) is 6.10. The van der Waals surface area contributed by atoms with Gasteiger partial charge in [-0.25, -0.2) is 12.7 Å². The Morgan fingerprint density at radius 1 is 1.18 bits per heavy atom. The number of furan rings is 1. The number of benzene rings is 1. The topological polar surface area (TPSA) is 50.5 Å². The predicted octanol–water partition coefficient (Wildman–Crippen LogP) is 4.76. The Labute approximate surface area is 156 Å². The molecule has 116 valence electrons. The quantitative estimate of drug-likeness (QED) is 0.416. The summed E-state index contributed by atoms with van der Waals surface area (Å²) < 4.78 is 34.8. The standard InChI is InChI=1S/C15H13I2NO3S/c1-10-4-6-11(7-5-10)22(19,20)18-13(9-12(16)15(18)17)14-3-2-8-21-14/h2-8,13H,9H2,1H3. The van der Waals surface area contributed by atoms with Crippen LogP contribution in [0.1, 0.15) is 23.8 Å². The summed E-state index contributed by atoms with van der Waals surface area (Å²) in [6.07, 6.45) is 2.21. The third-order valence-electron chi connectivity index (χ3n) is 3.52. The largest absolute Gasteiger partial charge is 0.467 e. The molecule has 0 amide bonds. The van der Waals surface area contributed by atoms with Gasteiger partial charge in [-0.05, 0) is 76.4 Å². The SMILES string of the molecule is Cc1ccc(S(=O)(=O)N2C(I)=C(I)CC2c2ccco2)cc1. The second kappa shape index (κ2) is 6.16. The van der Waals surface area contributed by atoms with Crippen LogP contribution in [0.3, 0.4) is 0 Å². The maximum Gasteiger partial charge on any atom is 0.265 e. The maximum absolute atomic E-state index is 13.0. The molecule has 22 heavy (non-hydrogen) atoms. The molecule has 2 heterocycles. The van der Waals surface area contributed by atoms with Crippen molar-refractivity contribution in [3.63, 3.8) is 0 Å². The van der Waals surface area contributed by atoms with Gasteiger partial charge in [-0.3, -0.25) is 0 Å². The van der Waals surface area contributed by atoms with E-state index in [1.54, 1.807) is 24.5 Å². The van der Waals surface area contributed by atoms with E-state index in [9.17, 15) is 8.42 Å². The second-order valence-electron chi connectivity index (χ2n) is 5.04. The average molecular weight is 541 g/mol. The minimum Gasteiger partial charge on any atom is -0.467 e. The molecule has 1 unspecified atom stereocenters. The zero-order chi connectivity index (χ0) is 15.9. The molecule has 0 radical (unpaired) electrons. The van der Waals surface area contributed by atoms with Crippen LogP contribution in [0.2, 0.25) is 0 Å². The van der Waals surface area contributed by atoms with E-state index in [2.05, 4.69) is 45.2 Å². The number of halogens is 2. The Kier molecular flexibility index (Phi) is 4.56. The molecule has 0 aliphatic carbocycles. The van der Waals surface area contributed by atoms with Gasteiger partial charge < -0.3 is 4.42 Å². The molecule has 0 saturated carbocycles. The van der Waals surface area contributed by atoms with Gasteiger partial charge in [0.2, 0.25) is 0 Å². The van der Waals surface area contributed by atoms with Gasteiger partial charge in [0.1, 0.15) is 15.5 Å². The van der Waals surface area contributed by atoms with Gasteiger partial charge >= 0.3 is 0 Å². The van der Waals surface area contributed by atoms with Crippen molar-refractivity contribution >= 4 is 55.2 Å². The first-order chi connectivity index (χ1) is 10.4. The summed E-state index contributed by atoms with van der Waals surface area (Å²) in [6.45, 7) is 1.94. The van der Waals surface area contributed by atoms with Crippen molar-refractivity contribution < 1.29 is 12.8 Å². The van der Waals surface area contributed by atoms with Crippen LogP contribution in [0.5, 0.6) is 0 Å². The van der Waals surface area contributed by atoms with E-state index >= 15 is 0 Å². The van der Waals surface area contributed by atoms with Crippen LogP contribution in [0, 0.1) is 6.92 Å². The van der Waals surface area contributed by atoms with Gasteiger partial charge in [0.25, 0.3) is 10.0 Å². The lowest BCUT2D eigenvalue weighted by Gasteiger charge is -2.25. The highest BCUT2D eigenvalue weighted by atomic mass is 127. The molecule has 0 N–H and O–H groups in total. The lowest BCUT2D eigenvalue weighted by molar-refractivity contribution is 0.361. The molecule has 1 aliphatic rings. The van der Waals surface area contributed by atoms with Crippen molar-refractivity contribution in [1.82, 2.24) is 4.31 Å². The Morgan fingerprint density at radius 3 is 2.45 bits per heavy atom. The summed E-state index contributed by atoms with van der Waals surface area (Å²) in [7, 11) is -3.61. The van der Waals surface area contributed by atoms with Gasteiger partial charge in [-0.15, -0.1) is 0 Å². The summed E-state index contributed by atoms with van der Waals surface area (Å²) in [5.41, 5.74) is 1.03. The van der Waals surface area contributed by atoms with Gasteiger partial charge in [0, 0.05) is 10.0 Å². The molecule has 7 heteroatoms. The molecular weight excluding hydrogens is 528 g/mol. The third kappa shape index (κ3) is 2.82. The fourth-order valence-electron chi connectivity index (χ4n) is 2.39. The number of hydrogen-bond acceptors (Lipinski definition) is 3. The van der Waals surface area contributed by atoms with E-state index in [1.165, 1.54) is 4.31 Å². The van der Waals surface area contributed by atoms with E-state index in [0.717, 1.165) is 12.8 Å². The Bertz CT molecular complexity index is 811. The van der Waals surface area contributed by atoms with Gasteiger partial charge in [0.05, 0.1) is 11.2 Å². The Morgan fingerprint density at radius 2 is 1.86 bits per heavy atom. The molecule has 4 nitrogen and oxygen atoms in total. The summed E-state index contributed by atoms with van der Waals surface area (Å²) in [5, 5.41) is 0. The zero-order valence-corrected chi connectivity index (χ0v) is 16.8. The van der Waals surface area contributed by atoms with Crippen LogP contribution in [0.4, 0.5) is 0 Å². The summed E-state index contributed by atoms with van der Waals surface area (Å²) >= 11 is 4.30. The number of nitrogens with zero attached hydrogens (tertiary/aromatic N) is 1. The van der Waals surface area contributed by atoms with Crippen molar-refractivity contribution in [2.24, 2.45) is 0 Å². The molecule has 0 bridgehead atoms. The van der Waals surface area contributed by atoms with Crippen molar-refractivity contribution in [1.29, 1.82) is 0 Å². The van der Waals surface area contributed by atoms with E-state index in [4.69, 9.17) is 4.42 Å². The third-order valence-corrected chi connectivity index (χ3v) is 8.83. The van der Waals surface area contributed by atoms with Gasteiger partial charge in [0.15, 0.2) is 0 Å². The van der Waals surface area contributed by atoms with Gasteiger partial charge in [-0.2, -0.15) is 0 Å². The molecule has 2 aromatic rings. The lowest BCUT2D eigenvalue weighted by Crippen LogP contribution is -2.29. The number of aryl methyl sites for hydroxylation is 1. The molecular formula is C15H13I2NO3S. The van der Waals surface area contributed by atoms with Crippen molar-refractivity contribution in [3.8, 4) is 0 Å². The van der Waals surface area contributed by atoms with E-state index in [1.807, 2.05) is 25.1 Å². The average Bonchev–Trinajstić information content (AvgIpc) is 3.09. The van der Waals surface area contributed by atoms with Gasteiger partial charge in [-0.1, -0.05) is 17.7 Å². The first kappa shape index (κ1) is 16.3. The Balaban J connectivity index is 2.08. The summed E-state index contributed by atoms with van der Waals surface area (Å²) in [4.78, 5) is 0.301. The van der Waals surface area contributed by atoms with E-state index in [0.29, 0.717) is 17.1 Å². The van der Waals surface area contributed by atoms with Crippen molar-refractivity contribution in [3.05, 3.63) is 61.3 Å². The van der Waals surface area contributed by atoms with Crippen LogP contribution < -0.4 is 0 Å². The first-order valence-electron chi connectivity index (χ1n) is 6.60. The summed E-state index contributed by atoms with van der Waals surface area (Å²) in [6, 6.07) is 10.2. The van der Waals surface area contributed by atoms with Crippen molar-refractivity contribution in [2.75, 3.05) is 0 Å². The highest BCUT2D eigenvalue weighted by Gasteiger charge is 2.40. The van der Waals surface area contributed by atoms with E-state index < -0.39 is 10.0 Å². The molecule has 1 atom stereocenters. The van der Waals surface area contributed by atoms with Crippen LogP contribution >= 0.6 is 45.2 Å². The normalized spacial score (nSPS) is 19.0. The Hall–Kier alpha value is -0.550. The molecule has 1 aliphatic heterocycles. The molecule has 0 fully saturated rings. The van der Waals surface area contributed by atoms with Crippen LogP contribution in [0.15, 0.2) is 59.3 Å². The minimum absolute atomic E-state index is 0.301.